The third-order valence-corrected chi connectivity index (χ3v) is 5.37. The lowest BCUT2D eigenvalue weighted by Crippen LogP contribution is -2.36. The van der Waals surface area contributed by atoms with E-state index in [9.17, 15) is 4.79 Å². The molecule has 13 heavy (non-hydrogen) atoms. The smallest absolute Gasteiger partial charge is 0.125 e. The van der Waals surface area contributed by atoms with Gasteiger partial charge in [0.2, 0.25) is 0 Å². The Morgan fingerprint density at radius 2 is 1.85 bits per heavy atom. The van der Waals surface area contributed by atoms with Gasteiger partial charge < -0.3 is 4.79 Å². The minimum Gasteiger partial charge on any atom is -0.303 e. The summed E-state index contributed by atoms with van der Waals surface area (Å²) in [6.45, 7) is 7.08. The molecule has 0 saturated carbocycles. The molecule has 0 aliphatic carbocycles. The summed E-state index contributed by atoms with van der Waals surface area (Å²) in [7, 11) is -1.08. The normalized spacial score (nSPS) is 22.7. The van der Waals surface area contributed by atoms with Gasteiger partial charge in [-0.1, -0.05) is 19.6 Å². The van der Waals surface area contributed by atoms with Crippen LogP contribution in [0.2, 0.25) is 25.7 Å². The van der Waals surface area contributed by atoms with Crippen molar-refractivity contribution in [3.63, 3.8) is 0 Å². The van der Waals surface area contributed by atoms with E-state index in [1.54, 1.807) is 0 Å². The molecule has 0 atom stereocenters. The first-order valence-electron chi connectivity index (χ1n) is 5.02. The van der Waals surface area contributed by atoms with Gasteiger partial charge in [0.1, 0.15) is 6.29 Å². The molecule has 1 nitrogen and oxygen atoms in total. The summed E-state index contributed by atoms with van der Waals surface area (Å²) in [6.07, 6.45) is 3.49. The third kappa shape index (κ3) is 3.47. The van der Waals surface area contributed by atoms with Gasteiger partial charge in [0.25, 0.3) is 0 Å². The van der Waals surface area contributed by atoms with Crippen LogP contribution >= 0.6 is 11.8 Å². The Labute approximate surface area is 86.7 Å². The molecule has 1 aliphatic heterocycles. The van der Waals surface area contributed by atoms with Gasteiger partial charge in [-0.2, -0.15) is 11.8 Å². The van der Waals surface area contributed by atoms with Crippen molar-refractivity contribution in [3.05, 3.63) is 0 Å². The number of hydrogen-bond donors (Lipinski definition) is 0. The number of carbonyl (C=O) groups excluding carboxylic acids is 1. The van der Waals surface area contributed by atoms with Crippen LogP contribution in [-0.2, 0) is 4.79 Å². The fraction of sp³-hybridized carbons (Fsp3) is 0.900. The zero-order chi connectivity index (χ0) is 9.95. The van der Waals surface area contributed by atoms with Crippen molar-refractivity contribution in [2.45, 2.75) is 38.5 Å². The van der Waals surface area contributed by atoms with Crippen molar-refractivity contribution in [1.29, 1.82) is 0 Å². The first-order chi connectivity index (χ1) is 5.97. The molecule has 1 rings (SSSR count). The Kier molecular flexibility index (Phi) is 3.63. The average Bonchev–Trinajstić information content (AvgIpc) is 2.03. The lowest BCUT2D eigenvalue weighted by atomic mass is 9.86. The van der Waals surface area contributed by atoms with Gasteiger partial charge in [-0.3, -0.25) is 0 Å². The molecule has 0 aromatic carbocycles. The van der Waals surface area contributed by atoms with Crippen molar-refractivity contribution in [2.24, 2.45) is 5.41 Å². The van der Waals surface area contributed by atoms with E-state index in [2.05, 4.69) is 19.6 Å². The van der Waals surface area contributed by atoms with Crippen LogP contribution in [0.25, 0.3) is 0 Å². The summed E-state index contributed by atoms with van der Waals surface area (Å²) < 4.78 is 0. The minimum atomic E-state index is -1.08. The second-order valence-corrected chi connectivity index (χ2v) is 12.0. The molecular weight excluding hydrogens is 196 g/mol. The molecule has 0 aromatic rings. The lowest BCUT2D eigenvalue weighted by molar-refractivity contribution is -0.115. The Morgan fingerprint density at radius 1 is 1.31 bits per heavy atom. The van der Waals surface area contributed by atoms with Crippen LogP contribution in [0.3, 0.4) is 0 Å². The van der Waals surface area contributed by atoms with Crippen molar-refractivity contribution in [2.75, 3.05) is 11.5 Å². The van der Waals surface area contributed by atoms with E-state index in [1.807, 2.05) is 11.8 Å². The summed E-state index contributed by atoms with van der Waals surface area (Å²) in [5.74, 6) is 2.37. The van der Waals surface area contributed by atoms with Crippen molar-refractivity contribution < 1.29 is 4.79 Å². The highest BCUT2D eigenvalue weighted by atomic mass is 32.2. The largest absolute Gasteiger partial charge is 0.303 e. The van der Waals surface area contributed by atoms with Gasteiger partial charge in [-0.15, -0.1) is 0 Å². The molecule has 1 fully saturated rings. The molecular formula is C10H20OSSi. The minimum absolute atomic E-state index is 0.0652. The molecule has 0 bridgehead atoms. The monoisotopic (exact) mass is 216 g/mol. The maximum absolute atomic E-state index is 11.2. The summed E-state index contributed by atoms with van der Waals surface area (Å²) in [5, 5.41) is 0. The molecule has 0 spiro atoms. The first-order valence-corrected chi connectivity index (χ1v) is 9.88. The standard InChI is InChI=1S/C10H20OSSi/c1-13(2,3)9-10(8-11)4-6-12-7-5-10/h8H,4-7,9H2,1-3H3. The van der Waals surface area contributed by atoms with Gasteiger partial charge in [0, 0.05) is 13.5 Å². The average molecular weight is 216 g/mol. The number of thioether (sulfide) groups is 1. The summed E-state index contributed by atoms with van der Waals surface area (Å²) >= 11 is 2.00. The van der Waals surface area contributed by atoms with E-state index in [1.165, 1.54) is 23.8 Å². The highest BCUT2D eigenvalue weighted by molar-refractivity contribution is 7.99. The van der Waals surface area contributed by atoms with Gasteiger partial charge in [-0.05, 0) is 30.4 Å². The summed E-state index contributed by atoms with van der Waals surface area (Å²) in [6, 6.07) is 1.18. The predicted molar refractivity (Wildman–Crippen MR) is 63.2 cm³/mol. The van der Waals surface area contributed by atoms with Crippen LogP contribution in [-0.4, -0.2) is 25.9 Å². The fourth-order valence-electron chi connectivity index (χ4n) is 2.17. The van der Waals surface area contributed by atoms with Gasteiger partial charge >= 0.3 is 0 Å². The van der Waals surface area contributed by atoms with E-state index >= 15 is 0 Å². The topological polar surface area (TPSA) is 17.1 Å². The molecule has 1 heterocycles. The highest BCUT2D eigenvalue weighted by Crippen LogP contribution is 2.39. The van der Waals surface area contributed by atoms with Crippen LogP contribution in [0.1, 0.15) is 12.8 Å². The fourth-order valence-corrected chi connectivity index (χ4v) is 6.03. The van der Waals surface area contributed by atoms with E-state index < -0.39 is 8.07 Å². The Balaban J connectivity index is 2.63. The van der Waals surface area contributed by atoms with E-state index in [-0.39, 0.29) is 5.41 Å². The number of hydrogen-bond acceptors (Lipinski definition) is 2. The zero-order valence-corrected chi connectivity index (χ0v) is 10.7. The van der Waals surface area contributed by atoms with E-state index in [4.69, 9.17) is 0 Å². The summed E-state index contributed by atoms with van der Waals surface area (Å²) in [5.41, 5.74) is 0.0652. The van der Waals surface area contributed by atoms with Gasteiger partial charge in [0.05, 0.1) is 0 Å². The number of carbonyl (C=O) groups is 1. The third-order valence-electron chi connectivity index (χ3n) is 2.62. The highest BCUT2D eigenvalue weighted by Gasteiger charge is 2.36. The molecule has 0 aromatic heterocycles. The van der Waals surface area contributed by atoms with Crippen LogP contribution < -0.4 is 0 Å². The molecule has 0 N–H and O–H groups in total. The van der Waals surface area contributed by atoms with Gasteiger partial charge in [0.15, 0.2) is 0 Å². The van der Waals surface area contributed by atoms with E-state index in [0.29, 0.717) is 0 Å². The first kappa shape index (κ1) is 11.3. The molecule has 1 aliphatic rings. The molecule has 3 heteroatoms. The summed E-state index contributed by atoms with van der Waals surface area (Å²) in [4.78, 5) is 11.2. The SMILES string of the molecule is C[Si](C)(C)CC1(C=O)CCSCC1. The second kappa shape index (κ2) is 4.18. The zero-order valence-electron chi connectivity index (χ0n) is 8.93. The Hall–Kier alpha value is 0.237. The van der Waals surface area contributed by atoms with Crippen molar-refractivity contribution in [1.82, 2.24) is 0 Å². The number of rotatable bonds is 3. The van der Waals surface area contributed by atoms with Crippen LogP contribution in [0, 0.1) is 5.41 Å². The van der Waals surface area contributed by atoms with Crippen LogP contribution in [0.4, 0.5) is 0 Å². The lowest BCUT2D eigenvalue weighted by Gasteiger charge is -2.36. The maximum Gasteiger partial charge on any atom is 0.125 e. The number of aldehydes is 1. The van der Waals surface area contributed by atoms with Gasteiger partial charge in [-0.25, -0.2) is 0 Å². The maximum atomic E-state index is 11.2. The Bertz CT molecular complexity index is 180. The second-order valence-electron chi connectivity index (χ2n) is 5.33. The van der Waals surface area contributed by atoms with Crippen LogP contribution in [0.15, 0.2) is 0 Å². The molecule has 0 amide bonds. The van der Waals surface area contributed by atoms with E-state index in [0.717, 1.165) is 12.8 Å². The molecule has 1 saturated heterocycles. The quantitative estimate of drug-likeness (QED) is 0.533. The van der Waals surface area contributed by atoms with Crippen molar-refractivity contribution in [3.8, 4) is 0 Å². The van der Waals surface area contributed by atoms with Crippen LogP contribution in [0.5, 0.6) is 0 Å². The van der Waals surface area contributed by atoms with Crippen molar-refractivity contribution >= 4 is 26.1 Å². The molecule has 0 unspecified atom stereocenters. The predicted octanol–water partition coefficient (Wildman–Crippen LogP) is 3.04. The Morgan fingerprint density at radius 3 is 2.23 bits per heavy atom. The molecule has 0 radical (unpaired) electrons. The molecule has 76 valence electrons.